The van der Waals surface area contributed by atoms with Gasteiger partial charge in [-0.25, -0.2) is 4.68 Å². The zero-order valence-corrected chi connectivity index (χ0v) is 12.1. The Labute approximate surface area is 113 Å². The summed E-state index contributed by atoms with van der Waals surface area (Å²) >= 11 is 2.07. The minimum Gasteiger partial charge on any atom is -0.310 e. The summed E-state index contributed by atoms with van der Waals surface area (Å²) in [7, 11) is 0. The Morgan fingerprint density at radius 1 is 1.39 bits per heavy atom. The lowest BCUT2D eigenvalue weighted by Crippen LogP contribution is -2.20. The maximum atomic E-state index is 4.18. The molecule has 6 heteroatoms. The van der Waals surface area contributed by atoms with Gasteiger partial charge in [-0.1, -0.05) is 13.8 Å². The molecular formula is C12H23N5S. The monoisotopic (exact) mass is 269 g/mol. The predicted octanol–water partition coefficient (Wildman–Crippen LogP) is 2.02. The summed E-state index contributed by atoms with van der Waals surface area (Å²) in [5, 5.41) is 16.3. The summed E-state index contributed by atoms with van der Waals surface area (Å²) in [4.78, 5) is 0. The van der Waals surface area contributed by atoms with Crippen LogP contribution in [0.15, 0.2) is 0 Å². The van der Waals surface area contributed by atoms with Gasteiger partial charge in [0.15, 0.2) is 5.82 Å². The molecule has 1 N–H and O–H groups in total. The van der Waals surface area contributed by atoms with Crippen molar-refractivity contribution in [2.24, 2.45) is 0 Å². The minimum absolute atomic E-state index is 0.502. The van der Waals surface area contributed by atoms with Crippen molar-refractivity contribution in [1.29, 1.82) is 0 Å². The predicted molar refractivity (Wildman–Crippen MR) is 74.6 cm³/mol. The highest BCUT2D eigenvalue weighted by molar-refractivity contribution is 7.99. The van der Waals surface area contributed by atoms with Crippen molar-refractivity contribution in [3.8, 4) is 0 Å². The molecule has 1 saturated carbocycles. The molecule has 5 nitrogen and oxygen atoms in total. The largest absolute Gasteiger partial charge is 0.310 e. The molecule has 0 spiro atoms. The van der Waals surface area contributed by atoms with Crippen LogP contribution >= 0.6 is 11.8 Å². The number of hydrogen-bond acceptors (Lipinski definition) is 5. The molecule has 1 aliphatic rings. The van der Waals surface area contributed by atoms with E-state index in [-0.39, 0.29) is 0 Å². The van der Waals surface area contributed by atoms with Gasteiger partial charge in [-0.3, -0.25) is 0 Å². The van der Waals surface area contributed by atoms with Crippen LogP contribution in [0.1, 0.15) is 51.4 Å². The average Bonchev–Trinajstić information content (AvgIpc) is 2.98. The number of rotatable bonds is 7. The van der Waals surface area contributed by atoms with Gasteiger partial charge in [0.25, 0.3) is 0 Å². The van der Waals surface area contributed by atoms with Gasteiger partial charge in [0.2, 0.25) is 0 Å². The van der Waals surface area contributed by atoms with Crippen molar-refractivity contribution in [1.82, 2.24) is 25.5 Å². The first-order chi connectivity index (χ1) is 8.85. The topological polar surface area (TPSA) is 55.6 Å². The Kier molecular flexibility index (Phi) is 5.44. The summed E-state index contributed by atoms with van der Waals surface area (Å²) in [6.45, 7) is 6.20. The van der Waals surface area contributed by atoms with Crippen LogP contribution in [0.25, 0.3) is 0 Å². The first kappa shape index (κ1) is 13.8. The summed E-state index contributed by atoms with van der Waals surface area (Å²) < 4.78 is 2.04. The fourth-order valence-corrected chi connectivity index (χ4v) is 3.65. The van der Waals surface area contributed by atoms with Crippen LogP contribution in [-0.2, 0) is 6.54 Å². The van der Waals surface area contributed by atoms with Gasteiger partial charge in [0.05, 0.1) is 12.6 Å². The van der Waals surface area contributed by atoms with E-state index in [9.17, 15) is 0 Å². The molecule has 18 heavy (non-hydrogen) atoms. The fraction of sp³-hybridized carbons (Fsp3) is 0.917. The highest BCUT2D eigenvalue weighted by Crippen LogP contribution is 2.36. The molecule has 0 bridgehead atoms. The number of nitrogens with one attached hydrogen (secondary N) is 1. The molecule has 1 fully saturated rings. The van der Waals surface area contributed by atoms with Gasteiger partial charge < -0.3 is 5.32 Å². The SMILES string of the molecule is CCCNCc1nnnn1C1CCC(SCC)C1. The van der Waals surface area contributed by atoms with E-state index in [1.54, 1.807) is 0 Å². The smallest absolute Gasteiger partial charge is 0.165 e. The van der Waals surface area contributed by atoms with Gasteiger partial charge in [-0.15, -0.1) is 5.10 Å². The molecule has 0 aliphatic heterocycles. The Morgan fingerprint density at radius 3 is 3.06 bits per heavy atom. The van der Waals surface area contributed by atoms with E-state index in [1.165, 1.54) is 25.0 Å². The van der Waals surface area contributed by atoms with E-state index in [1.807, 2.05) is 4.68 Å². The molecule has 1 heterocycles. The second-order valence-electron chi connectivity index (χ2n) is 4.76. The van der Waals surface area contributed by atoms with Crippen LogP contribution in [0.4, 0.5) is 0 Å². The summed E-state index contributed by atoms with van der Waals surface area (Å²) in [6.07, 6.45) is 4.86. The Balaban J connectivity index is 1.91. The molecule has 0 saturated heterocycles. The highest BCUT2D eigenvalue weighted by atomic mass is 32.2. The molecule has 0 amide bonds. The average molecular weight is 269 g/mol. The van der Waals surface area contributed by atoms with E-state index in [4.69, 9.17) is 0 Å². The first-order valence-corrected chi connectivity index (χ1v) is 7.99. The van der Waals surface area contributed by atoms with Crippen molar-refractivity contribution >= 4 is 11.8 Å². The molecule has 0 aromatic carbocycles. The van der Waals surface area contributed by atoms with Crippen molar-refractivity contribution in [2.45, 2.75) is 57.4 Å². The quantitative estimate of drug-likeness (QED) is 0.768. The normalized spacial score (nSPS) is 23.7. The highest BCUT2D eigenvalue weighted by Gasteiger charge is 2.28. The third-order valence-corrected chi connectivity index (χ3v) is 4.61. The van der Waals surface area contributed by atoms with Crippen LogP contribution in [0, 0.1) is 0 Å². The zero-order chi connectivity index (χ0) is 12.8. The summed E-state index contributed by atoms with van der Waals surface area (Å²) in [5.41, 5.74) is 0. The number of tetrazole rings is 1. The number of aromatic nitrogens is 4. The van der Waals surface area contributed by atoms with Gasteiger partial charge in [0, 0.05) is 5.25 Å². The lowest BCUT2D eigenvalue weighted by atomic mass is 10.2. The maximum absolute atomic E-state index is 4.18. The van der Waals surface area contributed by atoms with Crippen LogP contribution < -0.4 is 5.32 Å². The molecule has 2 rings (SSSR count). The van der Waals surface area contributed by atoms with Gasteiger partial charge in [0.1, 0.15) is 0 Å². The zero-order valence-electron chi connectivity index (χ0n) is 11.3. The van der Waals surface area contributed by atoms with E-state index in [2.05, 4.69) is 46.5 Å². The van der Waals surface area contributed by atoms with Crippen LogP contribution in [0.3, 0.4) is 0 Å². The van der Waals surface area contributed by atoms with Crippen molar-refractivity contribution in [3.63, 3.8) is 0 Å². The van der Waals surface area contributed by atoms with Crippen molar-refractivity contribution < 1.29 is 0 Å². The van der Waals surface area contributed by atoms with E-state index in [0.29, 0.717) is 6.04 Å². The Morgan fingerprint density at radius 2 is 2.28 bits per heavy atom. The molecule has 1 aromatic rings. The van der Waals surface area contributed by atoms with Crippen LogP contribution in [-0.4, -0.2) is 37.8 Å². The Bertz CT molecular complexity index is 354. The van der Waals surface area contributed by atoms with E-state index in [0.717, 1.165) is 30.6 Å². The molecule has 2 unspecified atom stereocenters. The number of nitrogens with zero attached hydrogens (tertiary/aromatic N) is 4. The third kappa shape index (κ3) is 3.45. The number of thioether (sulfide) groups is 1. The fourth-order valence-electron chi connectivity index (χ4n) is 2.52. The Hall–Kier alpha value is -0.620. The first-order valence-electron chi connectivity index (χ1n) is 6.94. The molecule has 0 radical (unpaired) electrons. The van der Waals surface area contributed by atoms with Gasteiger partial charge in [-0.05, 0) is 48.4 Å². The molecule has 1 aromatic heterocycles. The second-order valence-corrected chi connectivity index (χ2v) is 6.34. The lowest BCUT2D eigenvalue weighted by molar-refractivity contribution is 0.431. The summed E-state index contributed by atoms with van der Waals surface area (Å²) in [5.74, 6) is 2.19. The second kappa shape index (κ2) is 7.09. The van der Waals surface area contributed by atoms with E-state index >= 15 is 0 Å². The lowest BCUT2D eigenvalue weighted by Gasteiger charge is -2.12. The minimum atomic E-state index is 0.502. The number of hydrogen-bond donors (Lipinski definition) is 1. The van der Waals surface area contributed by atoms with Gasteiger partial charge in [-0.2, -0.15) is 11.8 Å². The van der Waals surface area contributed by atoms with Crippen LogP contribution in [0.5, 0.6) is 0 Å². The van der Waals surface area contributed by atoms with E-state index < -0.39 is 0 Å². The van der Waals surface area contributed by atoms with Crippen LogP contribution in [0.2, 0.25) is 0 Å². The standard InChI is InChI=1S/C12H23N5S/c1-3-7-13-9-12-14-15-16-17(12)10-5-6-11(8-10)18-4-2/h10-11,13H,3-9H2,1-2H3. The molecule has 102 valence electrons. The molecule has 1 aliphatic carbocycles. The molecular weight excluding hydrogens is 246 g/mol. The third-order valence-electron chi connectivity index (χ3n) is 3.38. The molecule has 2 atom stereocenters. The van der Waals surface area contributed by atoms with Gasteiger partial charge >= 0.3 is 0 Å². The van der Waals surface area contributed by atoms with Crippen molar-refractivity contribution in [3.05, 3.63) is 5.82 Å². The summed E-state index contributed by atoms with van der Waals surface area (Å²) in [6, 6.07) is 0.502. The van der Waals surface area contributed by atoms with Crippen molar-refractivity contribution in [2.75, 3.05) is 12.3 Å². The maximum Gasteiger partial charge on any atom is 0.165 e.